The molecule has 0 spiro atoms. The zero-order chi connectivity index (χ0) is 19.3. The van der Waals surface area contributed by atoms with Crippen molar-refractivity contribution < 1.29 is 14.3 Å². The lowest BCUT2D eigenvalue weighted by molar-refractivity contribution is -0.125. The Kier molecular flexibility index (Phi) is 7.16. The highest BCUT2D eigenvalue weighted by molar-refractivity contribution is 8.14. The third kappa shape index (κ3) is 7.02. The number of ether oxygens (including phenoxy) is 1. The molecule has 0 aliphatic heterocycles. The van der Waals surface area contributed by atoms with Gasteiger partial charge in [0.05, 0.1) is 0 Å². The zero-order valence-electron chi connectivity index (χ0n) is 16.5. The monoisotopic (exact) mass is 377 g/mol. The summed E-state index contributed by atoms with van der Waals surface area (Å²) in [7, 11) is 0. The van der Waals surface area contributed by atoms with Gasteiger partial charge in [-0.15, -0.1) is 0 Å². The molecular weight excluding hydrogens is 346 g/mol. The molecule has 1 aromatic rings. The number of thioether (sulfide) groups is 1. The summed E-state index contributed by atoms with van der Waals surface area (Å²) in [5.41, 5.74) is 0.916. The van der Waals surface area contributed by atoms with Gasteiger partial charge in [-0.1, -0.05) is 30.8 Å². The Hall–Kier alpha value is -1.49. The maximum atomic E-state index is 12.5. The van der Waals surface area contributed by atoms with E-state index in [-0.39, 0.29) is 28.6 Å². The van der Waals surface area contributed by atoms with Crippen molar-refractivity contribution in [1.29, 1.82) is 0 Å². The first-order valence-corrected chi connectivity index (χ1v) is 10.3. The first kappa shape index (κ1) is 20.8. The van der Waals surface area contributed by atoms with Gasteiger partial charge in [0.1, 0.15) is 11.4 Å². The van der Waals surface area contributed by atoms with Crippen LogP contribution in [0.5, 0.6) is 5.75 Å². The van der Waals surface area contributed by atoms with Crippen LogP contribution in [0.4, 0.5) is 0 Å². The molecule has 26 heavy (non-hydrogen) atoms. The van der Waals surface area contributed by atoms with Crippen molar-refractivity contribution in [3.8, 4) is 5.75 Å². The largest absolute Gasteiger partial charge is 0.488 e. The molecule has 2 rings (SSSR count). The van der Waals surface area contributed by atoms with Gasteiger partial charge < -0.3 is 10.1 Å². The Balaban J connectivity index is 1.81. The summed E-state index contributed by atoms with van der Waals surface area (Å²) < 4.78 is 5.83. The molecule has 0 aromatic heterocycles. The molecule has 5 heteroatoms. The predicted molar refractivity (Wildman–Crippen MR) is 108 cm³/mol. The number of carbonyl (C=O) groups is 2. The van der Waals surface area contributed by atoms with Gasteiger partial charge in [-0.3, -0.25) is 9.59 Å². The lowest BCUT2D eigenvalue weighted by Gasteiger charge is -2.21. The second-order valence-electron chi connectivity index (χ2n) is 8.21. The molecule has 0 saturated heterocycles. The van der Waals surface area contributed by atoms with Crippen LogP contribution in [0.3, 0.4) is 0 Å². The summed E-state index contributed by atoms with van der Waals surface area (Å²) in [6.07, 6.45) is 3.56. The molecule has 3 atom stereocenters. The van der Waals surface area contributed by atoms with E-state index in [1.165, 1.54) is 11.8 Å². The molecule has 1 aliphatic carbocycles. The fourth-order valence-electron chi connectivity index (χ4n) is 3.25. The standard InChI is InChI=1S/C21H31NO3S/c1-14(12-16-6-9-18(10-7-16)25-21(3,4)5)20(24)22-17-8-11-19(13-17)26-15(2)23/h6-7,9-10,14,17,19H,8,11-13H2,1-5H3,(H,22,24)/t14-,17?,19?/m0/s1. The van der Waals surface area contributed by atoms with E-state index in [1.54, 1.807) is 6.92 Å². The van der Waals surface area contributed by atoms with Gasteiger partial charge >= 0.3 is 0 Å². The van der Waals surface area contributed by atoms with Gasteiger partial charge in [0, 0.05) is 24.1 Å². The first-order valence-electron chi connectivity index (χ1n) is 9.38. The number of hydrogen-bond acceptors (Lipinski definition) is 4. The summed E-state index contributed by atoms with van der Waals surface area (Å²) in [4.78, 5) is 23.7. The Morgan fingerprint density at radius 2 is 1.88 bits per heavy atom. The summed E-state index contributed by atoms with van der Waals surface area (Å²) in [5, 5.41) is 3.67. The van der Waals surface area contributed by atoms with Crippen LogP contribution in [0.25, 0.3) is 0 Å². The molecule has 4 nitrogen and oxygen atoms in total. The molecule has 0 heterocycles. The Morgan fingerprint density at radius 1 is 1.23 bits per heavy atom. The van der Waals surface area contributed by atoms with Crippen LogP contribution in [0, 0.1) is 5.92 Å². The minimum Gasteiger partial charge on any atom is -0.488 e. The molecule has 0 bridgehead atoms. The van der Waals surface area contributed by atoms with E-state index in [2.05, 4.69) is 5.32 Å². The first-order chi connectivity index (χ1) is 12.1. The van der Waals surface area contributed by atoms with Gasteiger partial charge in [0.2, 0.25) is 5.91 Å². The fraction of sp³-hybridized carbons (Fsp3) is 0.619. The Labute approximate surface area is 161 Å². The lowest BCUT2D eigenvalue weighted by atomic mass is 9.99. The molecule has 1 amide bonds. The highest BCUT2D eigenvalue weighted by atomic mass is 32.2. The van der Waals surface area contributed by atoms with E-state index < -0.39 is 0 Å². The second kappa shape index (κ2) is 8.94. The van der Waals surface area contributed by atoms with Crippen molar-refractivity contribution in [1.82, 2.24) is 5.32 Å². The maximum absolute atomic E-state index is 12.5. The van der Waals surface area contributed by atoms with Crippen molar-refractivity contribution in [2.75, 3.05) is 0 Å². The Bertz CT molecular complexity index is 621. The summed E-state index contributed by atoms with van der Waals surface area (Å²) in [6, 6.07) is 8.18. The third-order valence-electron chi connectivity index (χ3n) is 4.40. The van der Waals surface area contributed by atoms with Gasteiger partial charge in [-0.2, -0.15) is 0 Å². The van der Waals surface area contributed by atoms with E-state index in [0.717, 1.165) is 30.6 Å². The lowest BCUT2D eigenvalue weighted by Crippen LogP contribution is -2.37. The van der Waals surface area contributed by atoms with Gasteiger partial charge in [-0.05, 0) is 64.2 Å². The molecule has 1 fully saturated rings. The highest BCUT2D eigenvalue weighted by Crippen LogP contribution is 2.30. The highest BCUT2D eigenvalue weighted by Gasteiger charge is 2.28. The average Bonchev–Trinajstić information content (AvgIpc) is 2.94. The molecular formula is C21H31NO3S. The molecule has 1 N–H and O–H groups in total. The summed E-state index contributed by atoms with van der Waals surface area (Å²) >= 11 is 1.41. The fourth-order valence-corrected chi connectivity index (χ4v) is 4.30. The van der Waals surface area contributed by atoms with Crippen LogP contribution in [0.1, 0.15) is 59.4 Å². The summed E-state index contributed by atoms with van der Waals surface area (Å²) in [6.45, 7) is 9.64. The molecule has 2 unspecified atom stereocenters. The van der Waals surface area contributed by atoms with Crippen LogP contribution < -0.4 is 10.1 Å². The second-order valence-corrected chi connectivity index (χ2v) is 9.69. The number of nitrogens with one attached hydrogen (secondary N) is 1. The van der Waals surface area contributed by atoms with Crippen molar-refractivity contribution in [3.05, 3.63) is 29.8 Å². The van der Waals surface area contributed by atoms with E-state index in [9.17, 15) is 9.59 Å². The normalized spacial score (nSPS) is 21.3. The molecule has 1 saturated carbocycles. The van der Waals surface area contributed by atoms with Gasteiger partial charge in [0.15, 0.2) is 5.12 Å². The molecule has 1 aromatic carbocycles. The predicted octanol–water partition coefficient (Wildman–Crippen LogP) is 4.36. The van der Waals surface area contributed by atoms with E-state index in [1.807, 2.05) is 52.0 Å². The minimum absolute atomic E-state index is 0.0797. The maximum Gasteiger partial charge on any atom is 0.223 e. The van der Waals surface area contributed by atoms with Crippen molar-refractivity contribution in [2.45, 2.75) is 77.2 Å². The number of hydrogen-bond donors (Lipinski definition) is 1. The Morgan fingerprint density at radius 3 is 2.46 bits per heavy atom. The third-order valence-corrected chi connectivity index (χ3v) is 5.49. The molecule has 1 aliphatic rings. The van der Waals surface area contributed by atoms with Gasteiger partial charge in [-0.25, -0.2) is 0 Å². The van der Waals surface area contributed by atoms with Crippen LogP contribution in [-0.2, 0) is 16.0 Å². The van der Waals surface area contributed by atoms with Crippen LogP contribution in [-0.4, -0.2) is 27.9 Å². The van der Waals surface area contributed by atoms with E-state index >= 15 is 0 Å². The quantitative estimate of drug-likeness (QED) is 0.800. The van der Waals surface area contributed by atoms with Crippen molar-refractivity contribution in [2.24, 2.45) is 5.92 Å². The van der Waals surface area contributed by atoms with Crippen molar-refractivity contribution >= 4 is 22.8 Å². The van der Waals surface area contributed by atoms with Crippen molar-refractivity contribution in [3.63, 3.8) is 0 Å². The smallest absolute Gasteiger partial charge is 0.223 e. The van der Waals surface area contributed by atoms with Crippen LogP contribution >= 0.6 is 11.8 Å². The number of amides is 1. The average molecular weight is 378 g/mol. The van der Waals surface area contributed by atoms with Gasteiger partial charge in [0.25, 0.3) is 0 Å². The number of benzene rings is 1. The number of rotatable bonds is 6. The summed E-state index contributed by atoms with van der Waals surface area (Å²) in [5.74, 6) is 0.862. The molecule has 0 radical (unpaired) electrons. The SMILES string of the molecule is CC(=O)SC1CCC(NC(=O)[C@@H](C)Cc2ccc(OC(C)(C)C)cc2)C1. The zero-order valence-corrected chi connectivity index (χ0v) is 17.3. The van der Waals surface area contributed by atoms with Crippen LogP contribution in [0.15, 0.2) is 24.3 Å². The van der Waals surface area contributed by atoms with E-state index in [0.29, 0.717) is 11.7 Å². The molecule has 144 valence electrons. The topological polar surface area (TPSA) is 55.4 Å². The minimum atomic E-state index is -0.214. The number of carbonyl (C=O) groups excluding carboxylic acids is 2. The van der Waals surface area contributed by atoms with Crippen LogP contribution in [0.2, 0.25) is 0 Å². The van der Waals surface area contributed by atoms with E-state index in [4.69, 9.17) is 4.74 Å².